The van der Waals surface area contributed by atoms with Gasteiger partial charge in [0.25, 0.3) is 5.91 Å². The minimum atomic E-state index is -4.61. The number of anilines is 2. The molecule has 4 heterocycles. The lowest BCUT2D eigenvalue weighted by Gasteiger charge is -2.22. The van der Waals surface area contributed by atoms with Gasteiger partial charge in [-0.05, 0) is 54.8 Å². The summed E-state index contributed by atoms with van der Waals surface area (Å²) in [6, 6.07) is 10.4. The summed E-state index contributed by atoms with van der Waals surface area (Å²) in [5.74, 6) is -1.61. The number of carboxylic acids is 1. The number of nitrogens with zero attached hydrogens (tertiary/aromatic N) is 4. The van der Waals surface area contributed by atoms with Crippen molar-refractivity contribution in [1.29, 1.82) is 0 Å². The number of nitrogens with one attached hydrogen (secondary N) is 1. The molecular formula is C26H21F4N5O3. The Morgan fingerprint density at radius 3 is 2.58 bits per heavy atom. The fraction of sp³-hybridized carbons (Fsp3) is 0.231. The second-order valence-electron chi connectivity index (χ2n) is 8.93. The third-order valence-corrected chi connectivity index (χ3v) is 6.36. The highest BCUT2D eigenvalue weighted by Crippen LogP contribution is 2.32. The fourth-order valence-electron chi connectivity index (χ4n) is 4.59. The molecule has 12 heteroatoms. The van der Waals surface area contributed by atoms with E-state index >= 15 is 0 Å². The van der Waals surface area contributed by atoms with E-state index in [2.05, 4.69) is 15.3 Å². The van der Waals surface area contributed by atoms with Crippen LogP contribution in [0.25, 0.3) is 11.0 Å². The average Bonchev–Trinajstić information content (AvgIpc) is 3.49. The first-order valence-corrected chi connectivity index (χ1v) is 11.7. The highest BCUT2D eigenvalue weighted by Gasteiger charge is 2.32. The topological polar surface area (TPSA) is 100 Å². The van der Waals surface area contributed by atoms with Crippen molar-refractivity contribution in [1.82, 2.24) is 14.5 Å². The second-order valence-corrected chi connectivity index (χ2v) is 8.93. The second kappa shape index (κ2) is 9.77. The number of benzene rings is 1. The summed E-state index contributed by atoms with van der Waals surface area (Å²) in [7, 11) is 0. The summed E-state index contributed by atoms with van der Waals surface area (Å²) in [4.78, 5) is 34.6. The first kappa shape index (κ1) is 25.2. The lowest BCUT2D eigenvalue weighted by molar-refractivity contribution is -0.139. The van der Waals surface area contributed by atoms with Crippen LogP contribution in [0.3, 0.4) is 0 Å². The quantitative estimate of drug-likeness (QED) is 0.345. The van der Waals surface area contributed by atoms with Crippen LogP contribution in [-0.2, 0) is 17.5 Å². The monoisotopic (exact) mass is 527 g/mol. The number of carbonyl (C=O) groups is 2. The van der Waals surface area contributed by atoms with Gasteiger partial charge in [0.2, 0.25) is 0 Å². The zero-order valence-electron chi connectivity index (χ0n) is 19.7. The number of hydrogen-bond donors (Lipinski definition) is 2. The van der Waals surface area contributed by atoms with Gasteiger partial charge >= 0.3 is 12.1 Å². The van der Waals surface area contributed by atoms with Gasteiger partial charge in [0.1, 0.15) is 29.0 Å². The van der Waals surface area contributed by atoms with E-state index < -0.39 is 35.5 Å². The molecule has 5 rings (SSSR count). The van der Waals surface area contributed by atoms with Gasteiger partial charge in [-0.3, -0.25) is 4.79 Å². The molecule has 1 aliphatic heterocycles. The molecule has 4 aromatic rings. The molecule has 3 aromatic heterocycles. The molecule has 196 valence electrons. The summed E-state index contributed by atoms with van der Waals surface area (Å²) in [5.41, 5.74) is -0.0132. The number of amides is 1. The summed E-state index contributed by atoms with van der Waals surface area (Å²) in [6.45, 7) is 0.536. The van der Waals surface area contributed by atoms with Crippen LogP contribution in [0.4, 0.5) is 29.1 Å². The number of hydrogen-bond acceptors (Lipinski definition) is 5. The summed E-state index contributed by atoms with van der Waals surface area (Å²) in [6.07, 6.45) is -1.31. The van der Waals surface area contributed by atoms with Gasteiger partial charge in [-0.1, -0.05) is 12.1 Å². The Balaban J connectivity index is 1.45. The van der Waals surface area contributed by atoms with Crippen molar-refractivity contribution in [2.75, 3.05) is 16.8 Å². The number of fused-ring (bicyclic) bond motifs is 1. The Morgan fingerprint density at radius 2 is 1.89 bits per heavy atom. The van der Waals surface area contributed by atoms with Gasteiger partial charge < -0.3 is 19.9 Å². The number of carboxylic acid groups (broad SMARTS) is 1. The van der Waals surface area contributed by atoms with Crippen LogP contribution in [0, 0.1) is 5.82 Å². The first-order chi connectivity index (χ1) is 18.1. The molecule has 0 spiro atoms. The smallest absolute Gasteiger partial charge is 0.417 e. The maximum absolute atomic E-state index is 13.8. The molecule has 1 amide bonds. The molecule has 38 heavy (non-hydrogen) atoms. The van der Waals surface area contributed by atoms with E-state index in [1.165, 1.54) is 35.0 Å². The Bertz CT molecular complexity index is 1520. The van der Waals surface area contributed by atoms with Gasteiger partial charge in [0.05, 0.1) is 17.4 Å². The van der Waals surface area contributed by atoms with E-state index in [-0.39, 0.29) is 23.3 Å². The van der Waals surface area contributed by atoms with Crippen molar-refractivity contribution in [3.8, 4) is 0 Å². The molecule has 1 fully saturated rings. The van der Waals surface area contributed by atoms with E-state index in [1.807, 2.05) is 0 Å². The number of alkyl halides is 3. The van der Waals surface area contributed by atoms with E-state index in [0.717, 1.165) is 12.5 Å². The Morgan fingerprint density at radius 1 is 1.08 bits per heavy atom. The van der Waals surface area contributed by atoms with Crippen LogP contribution in [0.5, 0.6) is 0 Å². The van der Waals surface area contributed by atoms with Crippen LogP contribution in [0.15, 0.2) is 60.9 Å². The molecule has 1 aromatic carbocycles. The van der Waals surface area contributed by atoms with Crippen LogP contribution in [0.2, 0.25) is 0 Å². The summed E-state index contributed by atoms with van der Waals surface area (Å²) >= 11 is 0. The Hall–Kier alpha value is -4.48. The third kappa shape index (κ3) is 5.01. The molecule has 1 atom stereocenters. The predicted octanol–water partition coefficient (Wildman–Crippen LogP) is 4.94. The number of aliphatic carboxylic acids is 1. The van der Waals surface area contributed by atoms with Gasteiger partial charge in [-0.15, -0.1) is 0 Å². The first-order valence-electron chi connectivity index (χ1n) is 11.7. The van der Waals surface area contributed by atoms with Crippen LogP contribution < -0.4 is 10.2 Å². The van der Waals surface area contributed by atoms with Gasteiger partial charge in [-0.25, -0.2) is 19.2 Å². The van der Waals surface area contributed by atoms with E-state index in [9.17, 15) is 32.3 Å². The molecule has 0 unspecified atom stereocenters. The molecule has 8 nitrogen and oxygen atoms in total. The van der Waals surface area contributed by atoms with Crippen LogP contribution in [0.1, 0.15) is 34.5 Å². The molecule has 1 saturated heterocycles. The van der Waals surface area contributed by atoms with Crippen molar-refractivity contribution in [3.05, 3.63) is 83.6 Å². The minimum absolute atomic E-state index is 0.00883. The standard InChI is InChI=1S/C26H21F4N5O3/c27-18-4-1-3-15(9-18)14-35-21(11-16-10-17(26(28,29)30)12-32-23(16)35)24(36)33-19-6-7-22(31-13-19)34-8-2-5-20(34)25(37)38/h1,3-4,6-7,9-13,20H,2,5,8,14H2,(H,33,36)(H,37,38)/t20-/m0/s1. The number of aromatic nitrogens is 3. The zero-order valence-corrected chi connectivity index (χ0v) is 19.7. The Kier molecular flexibility index (Phi) is 6.47. The Labute approximate surface area is 213 Å². The number of pyridine rings is 2. The van der Waals surface area contributed by atoms with Crippen molar-refractivity contribution in [2.45, 2.75) is 31.6 Å². The lowest BCUT2D eigenvalue weighted by Crippen LogP contribution is -2.36. The number of carbonyl (C=O) groups excluding carboxylic acids is 1. The van der Waals surface area contributed by atoms with Crippen molar-refractivity contribution < 1.29 is 32.3 Å². The summed E-state index contributed by atoms with van der Waals surface area (Å²) < 4.78 is 55.0. The highest BCUT2D eigenvalue weighted by atomic mass is 19.4. The highest BCUT2D eigenvalue weighted by molar-refractivity contribution is 6.06. The molecular weight excluding hydrogens is 506 g/mol. The molecule has 0 saturated carbocycles. The maximum Gasteiger partial charge on any atom is 0.417 e. The molecule has 1 aliphatic rings. The van der Waals surface area contributed by atoms with Gasteiger partial charge in [0.15, 0.2) is 0 Å². The normalized spacial score (nSPS) is 15.7. The molecule has 0 radical (unpaired) electrons. The van der Waals surface area contributed by atoms with Crippen molar-refractivity contribution in [3.63, 3.8) is 0 Å². The van der Waals surface area contributed by atoms with E-state index in [1.54, 1.807) is 23.1 Å². The zero-order chi connectivity index (χ0) is 27.0. The predicted molar refractivity (Wildman–Crippen MR) is 130 cm³/mol. The van der Waals surface area contributed by atoms with Gasteiger partial charge in [-0.2, -0.15) is 13.2 Å². The lowest BCUT2D eigenvalue weighted by atomic mass is 10.2. The maximum atomic E-state index is 13.8. The largest absolute Gasteiger partial charge is 0.480 e. The number of halogens is 4. The molecule has 0 aliphatic carbocycles. The van der Waals surface area contributed by atoms with Crippen molar-refractivity contribution in [2.24, 2.45) is 0 Å². The SMILES string of the molecule is O=C(Nc1ccc(N2CCC[C@H]2C(=O)O)nc1)c1cc2cc(C(F)(F)F)cnc2n1Cc1cccc(F)c1. The average molecular weight is 527 g/mol. The minimum Gasteiger partial charge on any atom is -0.480 e. The van der Waals surface area contributed by atoms with Gasteiger partial charge in [0, 0.05) is 24.7 Å². The van der Waals surface area contributed by atoms with E-state index in [4.69, 9.17) is 0 Å². The van der Waals surface area contributed by atoms with Crippen LogP contribution in [-0.4, -0.2) is 44.1 Å². The van der Waals surface area contributed by atoms with E-state index in [0.29, 0.717) is 36.2 Å². The fourth-order valence-corrected chi connectivity index (χ4v) is 4.59. The summed E-state index contributed by atoms with van der Waals surface area (Å²) in [5, 5.41) is 12.2. The molecule has 2 N–H and O–H groups in total. The number of rotatable bonds is 6. The third-order valence-electron chi connectivity index (χ3n) is 6.36. The van der Waals surface area contributed by atoms with Crippen molar-refractivity contribution >= 4 is 34.4 Å². The molecule has 0 bridgehead atoms. The van der Waals surface area contributed by atoms with Crippen LogP contribution >= 0.6 is 0 Å².